The fourth-order valence-corrected chi connectivity index (χ4v) is 2.06. The number of hydrogen-bond acceptors (Lipinski definition) is 7. The zero-order chi connectivity index (χ0) is 14.4. The Bertz CT molecular complexity index is 468. The molecule has 0 aliphatic rings. The average Bonchev–Trinajstić information content (AvgIpc) is 2.72. The number of carboxylic acid groups (broad SMARTS) is 1. The molecule has 1 rings (SSSR count). The largest absolute Gasteiger partial charge is 0.476 e. The van der Waals surface area contributed by atoms with E-state index in [1.54, 1.807) is 0 Å². The SMILES string of the molecule is CC(=O)c1sc(NCCOCC(N)=O)nc1C(=O)O. The Kier molecular flexibility index (Phi) is 5.39. The number of thiazole rings is 1. The van der Waals surface area contributed by atoms with Crippen molar-refractivity contribution in [1.29, 1.82) is 0 Å². The number of amides is 1. The Morgan fingerprint density at radius 2 is 2.16 bits per heavy atom. The Labute approximate surface area is 112 Å². The second-order valence-electron chi connectivity index (χ2n) is 3.50. The summed E-state index contributed by atoms with van der Waals surface area (Å²) in [5.41, 5.74) is 4.61. The zero-order valence-electron chi connectivity index (χ0n) is 10.1. The van der Waals surface area contributed by atoms with Crippen LogP contribution in [0.3, 0.4) is 0 Å². The van der Waals surface area contributed by atoms with Crippen molar-refractivity contribution in [2.45, 2.75) is 6.92 Å². The van der Waals surface area contributed by atoms with Crippen LogP contribution in [0.4, 0.5) is 5.13 Å². The Balaban J connectivity index is 2.55. The van der Waals surface area contributed by atoms with E-state index >= 15 is 0 Å². The summed E-state index contributed by atoms with van der Waals surface area (Å²) in [5, 5.41) is 12.0. The second-order valence-corrected chi connectivity index (χ2v) is 4.50. The minimum atomic E-state index is -1.25. The number of carboxylic acids is 1. The first kappa shape index (κ1) is 15.1. The number of carbonyl (C=O) groups is 3. The number of carbonyl (C=O) groups excluding carboxylic acids is 2. The smallest absolute Gasteiger partial charge is 0.356 e. The van der Waals surface area contributed by atoms with E-state index in [2.05, 4.69) is 10.3 Å². The molecule has 0 saturated carbocycles. The topological polar surface area (TPSA) is 132 Å². The van der Waals surface area contributed by atoms with E-state index < -0.39 is 11.9 Å². The average molecular weight is 287 g/mol. The number of ketones is 1. The van der Waals surface area contributed by atoms with Gasteiger partial charge in [0.1, 0.15) is 11.5 Å². The van der Waals surface area contributed by atoms with Gasteiger partial charge in [0.15, 0.2) is 16.6 Å². The molecule has 0 spiro atoms. The first-order valence-corrected chi connectivity index (χ1v) is 6.08. The predicted molar refractivity (Wildman–Crippen MR) is 67.6 cm³/mol. The molecule has 1 amide bonds. The fraction of sp³-hybridized carbons (Fsp3) is 0.400. The Morgan fingerprint density at radius 1 is 1.47 bits per heavy atom. The molecular weight excluding hydrogens is 274 g/mol. The molecule has 0 radical (unpaired) electrons. The van der Waals surface area contributed by atoms with Gasteiger partial charge in [-0.25, -0.2) is 9.78 Å². The number of primary amides is 1. The van der Waals surface area contributed by atoms with E-state index in [0.29, 0.717) is 11.7 Å². The molecule has 1 aromatic rings. The van der Waals surface area contributed by atoms with Crippen molar-refractivity contribution >= 4 is 34.1 Å². The van der Waals surface area contributed by atoms with E-state index in [-0.39, 0.29) is 29.6 Å². The molecule has 9 heteroatoms. The van der Waals surface area contributed by atoms with Crippen LogP contribution in [0.2, 0.25) is 0 Å². The maximum atomic E-state index is 11.2. The summed E-state index contributed by atoms with van der Waals surface area (Å²) in [6, 6.07) is 0. The molecule has 0 unspecified atom stereocenters. The van der Waals surface area contributed by atoms with Crippen molar-refractivity contribution in [3.05, 3.63) is 10.6 Å². The minimum absolute atomic E-state index is 0.0908. The number of Topliss-reactive ketones (excluding diaryl/α,β-unsaturated/α-hetero) is 1. The van der Waals surface area contributed by atoms with Gasteiger partial charge in [-0.05, 0) is 0 Å². The molecule has 19 heavy (non-hydrogen) atoms. The molecule has 0 aromatic carbocycles. The molecule has 0 bridgehead atoms. The van der Waals surface area contributed by atoms with Gasteiger partial charge in [0.25, 0.3) is 0 Å². The highest BCUT2D eigenvalue weighted by atomic mass is 32.1. The highest BCUT2D eigenvalue weighted by Crippen LogP contribution is 2.23. The molecule has 0 atom stereocenters. The molecule has 0 aliphatic heterocycles. The van der Waals surface area contributed by atoms with Gasteiger partial charge >= 0.3 is 5.97 Å². The van der Waals surface area contributed by atoms with Gasteiger partial charge < -0.3 is 20.9 Å². The van der Waals surface area contributed by atoms with E-state index in [9.17, 15) is 14.4 Å². The van der Waals surface area contributed by atoms with Crippen molar-refractivity contribution in [3.63, 3.8) is 0 Å². The van der Waals surface area contributed by atoms with Crippen LogP contribution in [0, 0.1) is 0 Å². The van der Waals surface area contributed by atoms with Crippen LogP contribution >= 0.6 is 11.3 Å². The van der Waals surface area contributed by atoms with E-state index in [0.717, 1.165) is 11.3 Å². The van der Waals surface area contributed by atoms with Crippen molar-refractivity contribution < 1.29 is 24.2 Å². The third-order valence-corrected chi connectivity index (χ3v) is 3.03. The Morgan fingerprint density at radius 3 is 2.63 bits per heavy atom. The maximum Gasteiger partial charge on any atom is 0.356 e. The summed E-state index contributed by atoms with van der Waals surface area (Å²) in [6.07, 6.45) is 0. The van der Waals surface area contributed by atoms with Gasteiger partial charge in [-0.15, -0.1) is 0 Å². The van der Waals surface area contributed by atoms with Crippen LogP contribution in [-0.4, -0.2) is 47.5 Å². The van der Waals surface area contributed by atoms with Crippen molar-refractivity contribution in [3.8, 4) is 0 Å². The quantitative estimate of drug-likeness (QED) is 0.451. The Hall–Kier alpha value is -2.00. The number of nitrogens with one attached hydrogen (secondary N) is 1. The lowest BCUT2D eigenvalue weighted by atomic mass is 10.3. The van der Waals surface area contributed by atoms with Gasteiger partial charge in [0.2, 0.25) is 5.91 Å². The van der Waals surface area contributed by atoms with E-state index in [1.165, 1.54) is 6.92 Å². The summed E-state index contributed by atoms with van der Waals surface area (Å²) < 4.78 is 4.91. The van der Waals surface area contributed by atoms with Gasteiger partial charge in [-0.1, -0.05) is 11.3 Å². The molecule has 0 saturated heterocycles. The molecular formula is C10H13N3O5S. The third-order valence-electron chi connectivity index (χ3n) is 1.92. The maximum absolute atomic E-state index is 11.2. The number of nitrogens with zero attached hydrogens (tertiary/aromatic N) is 1. The second kappa shape index (κ2) is 6.81. The molecule has 1 heterocycles. The number of aromatic nitrogens is 1. The molecule has 0 aliphatic carbocycles. The lowest BCUT2D eigenvalue weighted by Crippen LogP contribution is -2.20. The van der Waals surface area contributed by atoms with E-state index in [1.807, 2.05) is 0 Å². The molecule has 0 fully saturated rings. The van der Waals surface area contributed by atoms with Gasteiger partial charge in [-0.2, -0.15) is 0 Å². The summed E-state index contributed by atoms with van der Waals surface area (Å²) in [5.74, 6) is -2.17. The number of rotatable bonds is 8. The highest BCUT2D eigenvalue weighted by molar-refractivity contribution is 7.17. The van der Waals surface area contributed by atoms with Crippen LogP contribution in [0.15, 0.2) is 0 Å². The highest BCUT2D eigenvalue weighted by Gasteiger charge is 2.20. The first-order valence-electron chi connectivity index (χ1n) is 5.26. The third kappa shape index (κ3) is 4.64. The first-order chi connectivity index (χ1) is 8.91. The van der Waals surface area contributed by atoms with Crippen LogP contribution in [0.25, 0.3) is 0 Å². The van der Waals surface area contributed by atoms with Gasteiger partial charge in [0.05, 0.1) is 6.61 Å². The standard InChI is InChI=1S/C10H13N3O5S/c1-5(14)8-7(9(16)17)13-10(19-8)12-2-3-18-4-6(11)15/h2-4H2,1H3,(H2,11,15)(H,12,13)(H,16,17). The van der Waals surface area contributed by atoms with Gasteiger partial charge in [0, 0.05) is 13.5 Å². The minimum Gasteiger partial charge on any atom is -0.476 e. The fourth-order valence-electron chi connectivity index (χ4n) is 1.18. The van der Waals surface area contributed by atoms with Crippen LogP contribution in [0.5, 0.6) is 0 Å². The summed E-state index contributed by atoms with van der Waals surface area (Å²) in [4.78, 5) is 36.4. The van der Waals surface area contributed by atoms with Crippen LogP contribution in [-0.2, 0) is 9.53 Å². The number of aromatic carboxylic acids is 1. The molecule has 8 nitrogen and oxygen atoms in total. The van der Waals surface area contributed by atoms with Gasteiger partial charge in [-0.3, -0.25) is 9.59 Å². The van der Waals surface area contributed by atoms with Crippen molar-refractivity contribution in [1.82, 2.24) is 4.98 Å². The number of anilines is 1. The number of nitrogens with two attached hydrogens (primary N) is 1. The number of ether oxygens (including phenoxy) is 1. The monoisotopic (exact) mass is 287 g/mol. The van der Waals surface area contributed by atoms with E-state index in [4.69, 9.17) is 15.6 Å². The van der Waals surface area contributed by atoms with Crippen molar-refractivity contribution in [2.24, 2.45) is 5.73 Å². The number of hydrogen-bond donors (Lipinski definition) is 3. The molecule has 4 N–H and O–H groups in total. The summed E-state index contributed by atoms with van der Waals surface area (Å²) in [6.45, 7) is 1.62. The van der Waals surface area contributed by atoms with Crippen LogP contribution < -0.4 is 11.1 Å². The summed E-state index contributed by atoms with van der Waals surface area (Å²) >= 11 is 0.960. The summed E-state index contributed by atoms with van der Waals surface area (Å²) in [7, 11) is 0. The normalized spacial score (nSPS) is 10.2. The molecule has 1 aromatic heterocycles. The van der Waals surface area contributed by atoms with Crippen LogP contribution in [0.1, 0.15) is 27.1 Å². The molecule has 104 valence electrons. The predicted octanol–water partition coefficient (Wildman–Crippen LogP) is -0.0423. The zero-order valence-corrected chi connectivity index (χ0v) is 11.0. The lowest BCUT2D eigenvalue weighted by molar-refractivity contribution is -0.122. The lowest BCUT2D eigenvalue weighted by Gasteiger charge is -2.02. The van der Waals surface area contributed by atoms with Crippen molar-refractivity contribution in [2.75, 3.05) is 25.1 Å².